The van der Waals surface area contributed by atoms with E-state index in [0.29, 0.717) is 0 Å². The molecule has 0 spiro atoms. The van der Waals surface area contributed by atoms with Gasteiger partial charge in [-0.2, -0.15) is 0 Å². The molecule has 0 aromatic heterocycles. The molecule has 0 aromatic carbocycles. The van der Waals surface area contributed by atoms with Gasteiger partial charge >= 0.3 is 29.4 Å². The molecule has 0 atom stereocenters. The monoisotopic (exact) mass is 163 g/mol. The first-order valence-corrected chi connectivity index (χ1v) is 3.63. The zero-order chi connectivity index (χ0) is 4.50. The van der Waals surface area contributed by atoms with Crippen LogP contribution in [0.3, 0.4) is 0 Å². The van der Waals surface area contributed by atoms with Crippen LogP contribution in [0.25, 0.3) is 0 Å². The zero-order valence-electron chi connectivity index (χ0n) is 2.83. The maximum atomic E-state index is 8.82. The van der Waals surface area contributed by atoms with E-state index in [1.807, 2.05) is 0 Å². The van der Waals surface area contributed by atoms with Crippen LogP contribution < -0.4 is 6.15 Å². The van der Waals surface area contributed by atoms with E-state index in [4.69, 9.17) is 16.0 Å². The fraction of sp³-hybridized carbons (Fsp3) is 0. The van der Waals surface area contributed by atoms with Crippen LogP contribution in [0, 0.1) is 0 Å². The summed E-state index contributed by atoms with van der Waals surface area (Å²) in [5.74, 6) is 0. The van der Waals surface area contributed by atoms with Crippen molar-refractivity contribution in [3.8, 4) is 0 Å². The average molecular weight is 162 g/mol. The van der Waals surface area contributed by atoms with Crippen LogP contribution in [0.2, 0.25) is 0 Å². The van der Waals surface area contributed by atoms with Gasteiger partial charge in [0, 0.05) is 0 Å². The third kappa shape index (κ3) is 133000000. The SMILES string of the molecule is N.O=[Se](=O)(O)O. The van der Waals surface area contributed by atoms with Crippen molar-refractivity contribution in [2.75, 3.05) is 0 Å². The molecule has 6 heteroatoms. The molecule has 5 nitrogen and oxygen atoms in total. The molecule has 0 bridgehead atoms. The first-order chi connectivity index (χ1) is 2.00. The predicted octanol–water partition coefficient (Wildman–Crippen LogP) is -1.57. The number of hydrogen-bond donors (Lipinski definition) is 3. The van der Waals surface area contributed by atoms with Gasteiger partial charge in [-0.15, -0.1) is 0 Å². The van der Waals surface area contributed by atoms with E-state index in [9.17, 15) is 0 Å². The van der Waals surface area contributed by atoms with Crippen molar-refractivity contribution < 1.29 is 16.0 Å². The van der Waals surface area contributed by atoms with Gasteiger partial charge < -0.3 is 6.15 Å². The Labute approximate surface area is 36.5 Å². The molecule has 0 unspecified atom stereocenters. The van der Waals surface area contributed by atoms with Gasteiger partial charge in [0.25, 0.3) is 0 Å². The fourth-order valence-corrected chi connectivity index (χ4v) is 0. The Morgan fingerprint density at radius 1 is 1.17 bits per heavy atom. The van der Waals surface area contributed by atoms with E-state index < -0.39 is 13.4 Å². The van der Waals surface area contributed by atoms with Crippen molar-refractivity contribution >= 4 is 13.4 Å². The summed E-state index contributed by atoms with van der Waals surface area (Å²) in [7, 11) is 0. The van der Waals surface area contributed by atoms with Crippen LogP contribution in [0.1, 0.15) is 0 Å². The quantitative estimate of drug-likeness (QED) is 0.372. The topological polar surface area (TPSA) is 110 Å². The molecule has 0 heterocycles. The molecule has 0 aromatic rings. The molecular formula is H5NO4Se. The molecule has 0 radical (unpaired) electrons. The molecule has 40 valence electrons. The van der Waals surface area contributed by atoms with E-state index >= 15 is 0 Å². The second kappa shape index (κ2) is 2.22. The van der Waals surface area contributed by atoms with E-state index in [2.05, 4.69) is 0 Å². The van der Waals surface area contributed by atoms with Crippen LogP contribution in [-0.4, -0.2) is 21.7 Å². The molecule has 0 saturated heterocycles. The second-order valence-corrected chi connectivity index (χ2v) is 2.33. The normalized spacial score (nSPS) is 9.67. The van der Waals surface area contributed by atoms with E-state index in [1.54, 1.807) is 0 Å². The van der Waals surface area contributed by atoms with E-state index in [0.717, 1.165) is 0 Å². The molecule has 0 saturated carbocycles. The zero-order valence-corrected chi connectivity index (χ0v) is 4.54. The van der Waals surface area contributed by atoms with Gasteiger partial charge in [0.2, 0.25) is 0 Å². The van der Waals surface area contributed by atoms with Crippen LogP contribution in [0.15, 0.2) is 0 Å². The van der Waals surface area contributed by atoms with Gasteiger partial charge in [0.1, 0.15) is 0 Å². The van der Waals surface area contributed by atoms with Crippen molar-refractivity contribution in [1.29, 1.82) is 0 Å². The average Bonchev–Trinajstić information content (AvgIpc) is 0.722. The summed E-state index contributed by atoms with van der Waals surface area (Å²) in [6, 6.07) is 0. The summed E-state index contributed by atoms with van der Waals surface area (Å²) in [6.45, 7) is 0. The van der Waals surface area contributed by atoms with Crippen molar-refractivity contribution in [3.05, 3.63) is 0 Å². The minimum atomic E-state index is -5.25. The Balaban J connectivity index is 0. The summed E-state index contributed by atoms with van der Waals surface area (Å²) in [5.41, 5.74) is 0. The van der Waals surface area contributed by atoms with Gasteiger partial charge in [-0.1, -0.05) is 0 Å². The summed E-state index contributed by atoms with van der Waals surface area (Å²) < 4.78 is 31.9. The Bertz CT molecular complexity index is 90.7. The first kappa shape index (κ1) is 9.37. The summed E-state index contributed by atoms with van der Waals surface area (Å²) >= 11 is -5.25. The summed E-state index contributed by atoms with van der Waals surface area (Å²) in [4.78, 5) is 0. The van der Waals surface area contributed by atoms with E-state index in [1.165, 1.54) is 0 Å². The van der Waals surface area contributed by atoms with E-state index in [-0.39, 0.29) is 6.15 Å². The van der Waals surface area contributed by atoms with Crippen molar-refractivity contribution in [2.45, 2.75) is 0 Å². The van der Waals surface area contributed by atoms with Crippen molar-refractivity contribution in [1.82, 2.24) is 6.15 Å². The molecule has 0 aliphatic rings. The predicted molar refractivity (Wildman–Crippen MR) is 16.6 cm³/mol. The second-order valence-electron chi connectivity index (χ2n) is 0.448. The summed E-state index contributed by atoms with van der Waals surface area (Å²) in [5, 5.41) is 0. The van der Waals surface area contributed by atoms with Crippen molar-refractivity contribution in [3.63, 3.8) is 0 Å². The summed E-state index contributed by atoms with van der Waals surface area (Å²) in [6.07, 6.45) is 0. The molecule has 0 fully saturated rings. The standard InChI is InChI=1S/H3N.H2O4Se/c;1-5(2,3)4/h1H3;(H2,1,2,3,4). The number of hydrogen-bond acceptors (Lipinski definition) is 3. The number of rotatable bonds is 0. The third-order valence-corrected chi connectivity index (χ3v) is 0. The fourth-order valence-electron chi connectivity index (χ4n) is 0. The molecule has 0 aliphatic heterocycles. The Hall–Kier alpha value is -0.000519. The molecule has 0 rings (SSSR count). The van der Waals surface area contributed by atoms with Crippen molar-refractivity contribution in [2.24, 2.45) is 0 Å². The Morgan fingerprint density at radius 3 is 1.17 bits per heavy atom. The Kier molecular flexibility index (Phi) is 3.47. The van der Waals surface area contributed by atoms with Gasteiger partial charge in [-0.25, -0.2) is 0 Å². The molecule has 6 heavy (non-hydrogen) atoms. The van der Waals surface area contributed by atoms with Gasteiger partial charge in [-0.05, 0) is 0 Å². The van der Waals surface area contributed by atoms with Crippen LogP contribution in [0.5, 0.6) is 0 Å². The van der Waals surface area contributed by atoms with Crippen LogP contribution >= 0.6 is 0 Å². The molecule has 0 amide bonds. The molecule has 5 N–H and O–H groups in total. The first-order valence-electron chi connectivity index (χ1n) is 0.698. The maximum absolute atomic E-state index is 8.82. The van der Waals surface area contributed by atoms with Crippen LogP contribution in [-0.2, 0) is 7.67 Å². The van der Waals surface area contributed by atoms with Gasteiger partial charge in [0.15, 0.2) is 0 Å². The molecular weight excluding hydrogens is 157 g/mol. The molecule has 0 aliphatic carbocycles. The third-order valence-electron chi connectivity index (χ3n) is 0. The van der Waals surface area contributed by atoms with Crippen LogP contribution in [0.4, 0.5) is 0 Å². The van der Waals surface area contributed by atoms with Gasteiger partial charge in [0.05, 0.1) is 0 Å². The van der Waals surface area contributed by atoms with Gasteiger partial charge in [-0.3, -0.25) is 0 Å². The Morgan fingerprint density at radius 2 is 1.17 bits per heavy atom. The minimum absolute atomic E-state index is 0.